The number of hydrogen-bond acceptors (Lipinski definition) is 2. The van der Waals surface area contributed by atoms with Crippen LogP contribution in [0.1, 0.15) is 35.7 Å². The maximum absolute atomic E-state index is 6.08. The molecule has 2 heterocycles. The van der Waals surface area contributed by atoms with E-state index in [1.807, 2.05) is 18.2 Å². The summed E-state index contributed by atoms with van der Waals surface area (Å²) in [6, 6.07) is 12.2. The van der Waals surface area contributed by atoms with E-state index in [0.717, 1.165) is 58.6 Å². The molecule has 0 amide bonds. The summed E-state index contributed by atoms with van der Waals surface area (Å²) in [5.41, 5.74) is 5.54. The zero-order chi connectivity index (χ0) is 19.0. The fourth-order valence-electron chi connectivity index (χ4n) is 3.70. The highest BCUT2D eigenvalue weighted by molar-refractivity contribution is 7.80. The Bertz CT molecular complexity index is 989. The maximum atomic E-state index is 6.08. The number of piperidine rings is 1. The Balaban J connectivity index is 1.39. The Kier molecular flexibility index (Phi) is 5.06. The first kappa shape index (κ1) is 18.3. The van der Waals surface area contributed by atoms with Crippen LogP contribution in [-0.4, -0.2) is 33.1 Å². The van der Waals surface area contributed by atoms with Crippen molar-refractivity contribution in [2.24, 2.45) is 0 Å². The van der Waals surface area contributed by atoms with Crippen molar-refractivity contribution in [1.29, 1.82) is 0 Å². The Morgan fingerprint density at radius 2 is 1.96 bits per heavy atom. The van der Waals surface area contributed by atoms with E-state index in [-0.39, 0.29) is 0 Å². The van der Waals surface area contributed by atoms with Crippen LogP contribution < -0.4 is 5.32 Å². The zero-order valence-electron chi connectivity index (χ0n) is 15.6. The summed E-state index contributed by atoms with van der Waals surface area (Å²) >= 11 is 11.7. The van der Waals surface area contributed by atoms with Gasteiger partial charge in [-0.2, -0.15) is 0 Å². The molecule has 0 bridgehead atoms. The molecule has 1 saturated heterocycles. The number of anilines is 1. The number of hydrogen-bond donors (Lipinski definition) is 2. The second-order valence-corrected chi connectivity index (χ2v) is 8.12. The lowest BCUT2D eigenvalue weighted by molar-refractivity contribution is 0.311. The molecule has 6 heteroatoms. The van der Waals surface area contributed by atoms with Gasteiger partial charge in [-0.1, -0.05) is 29.3 Å². The summed E-state index contributed by atoms with van der Waals surface area (Å²) in [6.07, 6.45) is 2.06. The monoisotopic (exact) mass is 398 g/mol. The summed E-state index contributed by atoms with van der Waals surface area (Å²) in [6.45, 7) is 6.07. The van der Waals surface area contributed by atoms with Crippen LogP contribution in [-0.2, 0) is 0 Å². The van der Waals surface area contributed by atoms with Crippen LogP contribution in [0.4, 0.5) is 5.69 Å². The van der Waals surface area contributed by atoms with Gasteiger partial charge in [-0.15, -0.1) is 0 Å². The highest BCUT2D eigenvalue weighted by atomic mass is 35.5. The second-order valence-electron chi connectivity index (χ2n) is 7.29. The normalized spacial score (nSPS) is 15.3. The molecule has 0 spiro atoms. The van der Waals surface area contributed by atoms with Crippen molar-refractivity contribution in [2.45, 2.75) is 32.6 Å². The van der Waals surface area contributed by atoms with E-state index in [2.05, 4.69) is 47.2 Å². The number of aromatic amines is 1. The average molecular weight is 399 g/mol. The molecule has 0 saturated carbocycles. The number of imidazole rings is 1. The Morgan fingerprint density at radius 3 is 2.70 bits per heavy atom. The molecule has 0 aliphatic carbocycles. The molecule has 3 aromatic rings. The van der Waals surface area contributed by atoms with Crippen molar-refractivity contribution in [3.05, 3.63) is 58.4 Å². The van der Waals surface area contributed by atoms with Crippen molar-refractivity contribution in [1.82, 2.24) is 14.9 Å². The lowest BCUT2D eigenvalue weighted by Gasteiger charge is -2.33. The number of benzene rings is 2. The van der Waals surface area contributed by atoms with Gasteiger partial charge in [-0.3, -0.25) is 0 Å². The number of H-pyrrole nitrogens is 1. The van der Waals surface area contributed by atoms with E-state index in [9.17, 15) is 0 Å². The summed E-state index contributed by atoms with van der Waals surface area (Å²) in [4.78, 5) is 10.4. The van der Waals surface area contributed by atoms with Crippen molar-refractivity contribution in [3.63, 3.8) is 0 Å². The Hall–Kier alpha value is -2.11. The van der Waals surface area contributed by atoms with Crippen molar-refractivity contribution >= 4 is 45.7 Å². The van der Waals surface area contributed by atoms with Gasteiger partial charge >= 0.3 is 0 Å². The van der Waals surface area contributed by atoms with Crippen LogP contribution in [0.25, 0.3) is 11.0 Å². The Morgan fingerprint density at radius 1 is 1.19 bits per heavy atom. The average Bonchev–Trinajstić information content (AvgIpc) is 3.07. The van der Waals surface area contributed by atoms with Gasteiger partial charge in [-0.05, 0) is 68.7 Å². The van der Waals surface area contributed by atoms with Gasteiger partial charge in [0, 0.05) is 29.7 Å². The fourth-order valence-corrected chi connectivity index (χ4v) is 4.16. The van der Waals surface area contributed by atoms with Crippen LogP contribution in [0.2, 0.25) is 5.02 Å². The molecule has 1 aromatic heterocycles. The topological polar surface area (TPSA) is 44.0 Å². The first-order valence-corrected chi connectivity index (χ1v) is 10.1. The van der Waals surface area contributed by atoms with Crippen molar-refractivity contribution < 1.29 is 0 Å². The summed E-state index contributed by atoms with van der Waals surface area (Å²) in [5.74, 6) is 1.48. The highest BCUT2D eigenvalue weighted by Crippen LogP contribution is 2.29. The van der Waals surface area contributed by atoms with Crippen molar-refractivity contribution in [2.75, 3.05) is 18.4 Å². The van der Waals surface area contributed by atoms with Crippen LogP contribution in [0.5, 0.6) is 0 Å². The Labute approximate surface area is 169 Å². The highest BCUT2D eigenvalue weighted by Gasteiger charge is 2.24. The molecule has 27 heavy (non-hydrogen) atoms. The van der Waals surface area contributed by atoms with Gasteiger partial charge < -0.3 is 15.2 Å². The molecule has 4 nitrogen and oxygen atoms in total. The lowest BCUT2D eigenvalue weighted by atomic mass is 9.96. The predicted molar refractivity (Wildman–Crippen MR) is 117 cm³/mol. The summed E-state index contributed by atoms with van der Waals surface area (Å²) in [7, 11) is 0. The standard InChI is InChI=1S/C21H23ClN4S/c1-13-3-5-17(14(2)11-13)25-21(27)26-9-7-15(8-10-26)20-23-18-6-4-16(22)12-19(18)24-20/h3-6,11-12,15H,7-10H2,1-2H3,(H,23,24)(H,25,27). The number of rotatable bonds is 2. The molecule has 140 valence electrons. The molecule has 2 aromatic carbocycles. The van der Waals surface area contributed by atoms with Crippen molar-refractivity contribution in [3.8, 4) is 0 Å². The van der Waals surface area contributed by atoms with Crippen LogP contribution in [0, 0.1) is 13.8 Å². The molecule has 1 aliphatic heterocycles. The zero-order valence-corrected chi connectivity index (χ0v) is 17.1. The molecule has 0 unspecified atom stereocenters. The van der Waals surface area contributed by atoms with Crippen LogP contribution >= 0.6 is 23.8 Å². The number of likely N-dealkylation sites (tertiary alicyclic amines) is 1. The number of halogens is 1. The molecule has 1 aliphatic rings. The second kappa shape index (κ2) is 7.49. The molecule has 0 atom stereocenters. The minimum Gasteiger partial charge on any atom is -0.349 e. The van der Waals surface area contributed by atoms with E-state index in [4.69, 9.17) is 28.8 Å². The number of nitrogens with one attached hydrogen (secondary N) is 2. The van der Waals surface area contributed by atoms with E-state index >= 15 is 0 Å². The first-order valence-electron chi connectivity index (χ1n) is 9.28. The third-order valence-corrected chi connectivity index (χ3v) is 5.85. The molecular formula is C21H23ClN4S. The quantitative estimate of drug-likeness (QED) is 0.566. The van der Waals surface area contributed by atoms with Gasteiger partial charge in [0.05, 0.1) is 11.0 Å². The van der Waals surface area contributed by atoms with E-state index in [1.54, 1.807) is 0 Å². The maximum Gasteiger partial charge on any atom is 0.173 e. The molecule has 2 N–H and O–H groups in total. The van der Waals surface area contributed by atoms with Gasteiger partial charge in [-0.25, -0.2) is 4.98 Å². The lowest BCUT2D eigenvalue weighted by Crippen LogP contribution is -2.40. The number of aromatic nitrogens is 2. The third-order valence-electron chi connectivity index (χ3n) is 5.25. The minimum absolute atomic E-state index is 0.427. The van der Waals surface area contributed by atoms with Gasteiger partial charge in [0.1, 0.15) is 5.82 Å². The predicted octanol–water partition coefficient (Wildman–Crippen LogP) is 5.41. The number of thiocarbonyl (C=S) groups is 1. The largest absolute Gasteiger partial charge is 0.349 e. The third kappa shape index (κ3) is 3.94. The molecular weight excluding hydrogens is 376 g/mol. The van der Waals surface area contributed by atoms with E-state index < -0.39 is 0 Å². The molecule has 1 fully saturated rings. The SMILES string of the molecule is Cc1ccc(NC(=S)N2CCC(c3nc4ccc(Cl)cc4[nH]3)CC2)c(C)c1. The number of fused-ring (bicyclic) bond motifs is 1. The van der Waals surface area contributed by atoms with Crippen LogP contribution in [0.3, 0.4) is 0 Å². The number of nitrogens with zero attached hydrogens (tertiary/aromatic N) is 2. The smallest absolute Gasteiger partial charge is 0.173 e. The van der Waals surface area contributed by atoms with Gasteiger partial charge in [0.15, 0.2) is 5.11 Å². The van der Waals surface area contributed by atoms with E-state index in [0.29, 0.717) is 5.92 Å². The molecule has 4 rings (SSSR count). The van der Waals surface area contributed by atoms with Crippen LogP contribution in [0.15, 0.2) is 36.4 Å². The summed E-state index contributed by atoms with van der Waals surface area (Å²) < 4.78 is 0. The van der Waals surface area contributed by atoms with E-state index in [1.165, 1.54) is 11.1 Å². The molecule has 0 radical (unpaired) electrons. The van der Waals surface area contributed by atoms with Gasteiger partial charge in [0.25, 0.3) is 0 Å². The number of aryl methyl sites for hydroxylation is 2. The van der Waals surface area contributed by atoms with Gasteiger partial charge in [0.2, 0.25) is 0 Å². The summed E-state index contributed by atoms with van der Waals surface area (Å²) in [5, 5.41) is 4.94. The fraction of sp³-hybridized carbons (Fsp3) is 0.333. The minimum atomic E-state index is 0.427. The first-order chi connectivity index (χ1) is 13.0.